The van der Waals surface area contributed by atoms with Gasteiger partial charge in [0.15, 0.2) is 5.65 Å². The minimum absolute atomic E-state index is 0.152. The molecule has 7 heteroatoms. The Morgan fingerprint density at radius 2 is 1.95 bits per heavy atom. The molecular formula is C13H9F3N4. The summed E-state index contributed by atoms with van der Waals surface area (Å²) < 4.78 is 40.1. The van der Waals surface area contributed by atoms with E-state index in [1.165, 1.54) is 22.9 Å². The van der Waals surface area contributed by atoms with Crippen molar-refractivity contribution in [2.45, 2.75) is 6.18 Å². The normalized spacial score (nSPS) is 11.9. The quantitative estimate of drug-likeness (QED) is 0.744. The molecule has 0 atom stereocenters. The number of halogens is 3. The first-order valence-corrected chi connectivity index (χ1v) is 5.72. The number of alkyl halides is 3. The van der Waals surface area contributed by atoms with E-state index in [2.05, 4.69) is 9.97 Å². The van der Waals surface area contributed by atoms with Crippen LogP contribution in [-0.4, -0.2) is 14.4 Å². The molecular weight excluding hydrogens is 269 g/mol. The second-order valence-corrected chi connectivity index (χ2v) is 4.20. The van der Waals surface area contributed by atoms with Crippen LogP contribution in [0.25, 0.3) is 16.9 Å². The van der Waals surface area contributed by atoms with Crippen LogP contribution >= 0.6 is 0 Å². The van der Waals surface area contributed by atoms with Gasteiger partial charge in [-0.05, 0) is 24.3 Å². The van der Waals surface area contributed by atoms with E-state index < -0.39 is 11.7 Å². The molecule has 0 radical (unpaired) electrons. The highest BCUT2D eigenvalue weighted by Gasteiger charge is 2.34. The van der Waals surface area contributed by atoms with E-state index in [-0.39, 0.29) is 17.2 Å². The second kappa shape index (κ2) is 4.22. The molecule has 0 amide bonds. The standard InChI is InChI=1S/C13H9F3N4/c14-13(15,16)9-4-2-6-20-11(17)10(19-12(9)20)8-3-1-5-18-7-8/h1-7H,17H2. The van der Waals surface area contributed by atoms with Crippen molar-refractivity contribution in [2.24, 2.45) is 0 Å². The summed E-state index contributed by atoms with van der Waals surface area (Å²) in [5.41, 5.74) is 5.72. The van der Waals surface area contributed by atoms with E-state index in [1.807, 2.05) is 0 Å². The summed E-state index contributed by atoms with van der Waals surface area (Å²) >= 11 is 0. The van der Waals surface area contributed by atoms with Crippen molar-refractivity contribution in [3.8, 4) is 11.3 Å². The van der Waals surface area contributed by atoms with Crippen molar-refractivity contribution in [3.63, 3.8) is 0 Å². The average molecular weight is 278 g/mol. The molecule has 102 valence electrons. The van der Waals surface area contributed by atoms with E-state index in [0.717, 1.165) is 6.07 Å². The van der Waals surface area contributed by atoms with Gasteiger partial charge in [0.25, 0.3) is 0 Å². The smallest absolute Gasteiger partial charge is 0.383 e. The Morgan fingerprint density at radius 3 is 2.60 bits per heavy atom. The average Bonchev–Trinajstić information content (AvgIpc) is 2.76. The minimum Gasteiger partial charge on any atom is -0.383 e. The molecule has 0 fully saturated rings. The molecule has 0 saturated heterocycles. The molecule has 0 aliphatic rings. The SMILES string of the molecule is Nc1c(-c2cccnc2)nc2c(C(F)(F)F)cccn12. The van der Waals surface area contributed by atoms with Gasteiger partial charge in [-0.2, -0.15) is 13.2 Å². The molecule has 3 heterocycles. The van der Waals surface area contributed by atoms with Gasteiger partial charge in [-0.25, -0.2) is 4.98 Å². The lowest BCUT2D eigenvalue weighted by Gasteiger charge is -2.07. The molecule has 2 N–H and O–H groups in total. The van der Waals surface area contributed by atoms with Crippen molar-refractivity contribution in [1.29, 1.82) is 0 Å². The van der Waals surface area contributed by atoms with Gasteiger partial charge in [0.2, 0.25) is 0 Å². The summed E-state index contributed by atoms with van der Waals surface area (Å²) in [4.78, 5) is 7.94. The first-order chi connectivity index (χ1) is 9.48. The number of aromatic nitrogens is 3. The Hall–Kier alpha value is -2.57. The van der Waals surface area contributed by atoms with Gasteiger partial charge in [0, 0.05) is 24.2 Å². The van der Waals surface area contributed by atoms with Crippen LogP contribution in [0.4, 0.5) is 19.0 Å². The first kappa shape index (κ1) is 12.5. The topological polar surface area (TPSA) is 56.2 Å². The van der Waals surface area contributed by atoms with E-state index >= 15 is 0 Å². The zero-order chi connectivity index (χ0) is 14.3. The second-order valence-electron chi connectivity index (χ2n) is 4.20. The third-order valence-corrected chi connectivity index (χ3v) is 2.93. The van der Waals surface area contributed by atoms with Crippen LogP contribution in [0.1, 0.15) is 5.56 Å². The Kier molecular flexibility index (Phi) is 2.63. The number of rotatable bonds is 1. The van der Waals surface area contributed by atoms with E-state index in [0.29, 0.717) is 5.56 Å². The molecule has 20 heavy (non-hydrogen) atoms. The molecule has 0 aromatic carbocycles. The van der Waals surface area contributed by atoms with Crippen LogP contribution in [-0.2, 0) is 6.18 Å². The van der Waals surface area contributed by atoms with Crippen molar-refractivity contribution in [2.75, 3.05) is 5.73 Å². The highest BCUT2D eigenvalue weighted by Crippen LogP contribution is 2.35. The Labute approximate surface area is 111 Å². The molecule has 0 spiro atoms. The molecule has 0 aliphatic carbocycles. The largest absolute Gasteiger partial charge is 0.419 e. The van der Waals surface area contributed by atoms with E-state index in [4.69, 9.17) is 5.73 Å². The lowest BCUT2D eigenvalue weighted by molar-refractivity contribution is -0.136. The number of anilines is 1. The van der Waals surface area contributed by atoms with Gasteiger partial charge in [0.05, 0.1) is 5.56 Å². The summed E-state index contributed by atoms with van der Waals surface area (Å²) in [5, 5.41) is 0. The Bertz CT molecular complexity index is 762. The fourth-order valence-corrected chi connectivity index (χ4v) is 2.02. The lowest BCUT2D eigenvalue weighted by Crippen LogP contribution is -2.07. The zero-order valence-corrected chi connectivity index (χ0v) is 10.1. The Morgan fingerprint density at radius 1 is 1.15 bits per heavy atom. The van der Waals surface area contributed by atoms with Crippen molar-refractivity contribution in [3.05, 3.63) is 48.4 Å². The Balaban J connectivity index is 2.31. The molecule has 0 unspecified atom stereocenters. The molecule has 3 aromatic heterocycles. The summed E-state index contributed by atoms with van der Waals surface area (Å²) in [6.45, 7) is 0. The van der Waals surface area contributed by atoms with Crippen molar-refractivity contribution >= 4 is 11.5 Å². The van der Waals surface area contributed by atoms with Crippen LogP contribution < -0.4 is 5.73 Å². The fourth-order valence-electron chi connectivity index (χ4n) is 2.02. The molecule has 3 rings (SSSR count). The van der Waals surface area contributed by atoms with Gasteiger partial charge in [0.1, 0.15) is 11.5 Å². The number of nitrogens with zero attached hydrogens (tertiary/aromatic N) is 3. The monoisotopic (exact) mass is 278 g/mol. The summed E-state index contributed by atoms with van der Waals surface area (Å²) in [6, 6.07) is 5.64. The number of pyridine rings is 2. The predicted molar refractivity (Wildman–Crippen MR) is 67.8 cm³/mol. The maximum atomic E-state index is 13.0. The highest BCUT2D eigenvalue weighted by atomic mass is 19.4. The van der Waals surface area contributed by atoms with E-state index in [9.17, 15) is 13.2 Å². The fraction of sp³-hybridized carbons (Fsp3) is 0.0769. The zero-order valence-electron chi connectivity index (χ0n) is 10.1. The molecule has 3 aromatic rings. The van der Waals surface area contributed by atoms with Crippen molar-refractivity contribution in [1.82, 2.24) is 14.4 Å². The summed E-state index contributed by atoms with van der Waals surface area (Å²) in [5.74, 6) is 0.152. The van der Waals surface area contributed by atoms with Crippen LogP contribution in [0.2, 0.25) is 0 Å². The third kappa shape index (κ3) is 1.87. The van der Waals surface area contributed by atoms with Gasteiger partial charge < -0.3 is 5.73 Å². The number of imidazole rings is 1. The number of hydrogen-bond acceptors (Lipinski definition) is 3. The number of nitrogens with two attached hydrogens (primary N) is 1. The molecule has 0 aliphatic heterocycles. The van der Waals surface area contributed by atoms with Gasteiger partial charge in [-0.15, -0.1) is 0 Å². The minimum atomic E-state index is -4.48. The van der Waals surface area contributed by atoms with E-state index in [1.54, 1.807) is 18.3 Å². The highest BCUT2D eigenvalue weighted by molar-refractivity contribution is 5.75. The predicted octanol–water partition coefficient (Wildman–Crippen LogP) is 3.00. The molecule has 4 nitrogen and oxygen atoms in total. The number of hydrogen-bond donors (Lipinski definition) is 1. The van der Waals surface area contributed by atoms with Gasteiger partial charge in [-0.3, -0.25) is 9.38 Å². The van der Waals surface area contributed by atoms with Crippen LogP contribution in [0.15, 0.2) is 42.9 Å². The summed E-state index contributed by atoms with van der Waals surface area (Å²) in [7, 11) is 0. The maximum absolute atomic E-state index is 13.0. The molecule has 0 saturated carbocycles. The van der Waals surface area contributed by atoms with Crippen LogP contribution in [0, 0.1) is 0 Å². The van der Waals surface area contributed by atoms with Gasteiger partial charge in [-0.1, -0.05) is 0 Å². The third-order valence-electron chi connectivity index (χ3n) is 2.93. The van der Waals surface area contributed by atoms with Crippen LogP contribution in [0.5, 0.6) is 0 Å². The first-order valence-electron chi connectivity index (χ1n) is 5.72. The van der Waals surface area contributed by atoms with Crippen molar-refractivity contribution < 1.29 is 13.2 Å². The number of nitrogen functional groups attached to an aromatic ring is 1. The summed E-state index contributed by atoms with van der Waals surface area (Å²) in [6.07, 6.45) is 0.0430. The maximum Gasteiger partial charge on any atom is 0.419 e. The molecule has 0 bridgehead atoms. The lowest BCUT2D eigenvalue weighted by atomic mass is 10.2. The van der Waals surface area contributed by atoms with Gasteiger partial charge >= 0.3 is 6.18 Å². The van der Waals surface area contributed by atoms with Crippen LogP contribution in [0.3, 0.4) is 0 Å². The number of fused-ring (bicyclic) bond motifs is 1.